The molecule has 1 aromatic rings. The summed E-state index contributed by atoms with van der Waals surface area (Å²) >= 11 is 1.85. The fraction of sp³-hybridized carbons (Fsp3) is 0.714. The second-order valence-electron chi connectivity index (χ2n) is 5.11. The molecule has 5 heteroatoms. The van der Waals surface area contributed by atoms with E-state index in [9.17, 15) is 5.11 Å². The van der Waals surface area contributed by atoms with Gasteiger partial charge in [-0.2, -0.15) is 11.8 Å². The highest BCUT2D eigenvalue weighted by molar-refractivity contribution is 7.98. The molecule has 1 aromatic heterocycles. The van der Waals surface area contributed by atoms with Crippen molar-refractivity contribution in [1.29, 1.82) is 0 Å². The molecule has 0 aliphatic carbocycles. The lowest BCUT2D eigenvalue weighted by Gasteiger charge is -2.28. The molecule has 0 fully saturated rings. The van der Waals surface area contributed by atoms with E-state index in [1.54, 1.807) is 0 Å². The second-order valence-corrected chi connectivity index (χ2v) is 6.10. The van der Waals surface area contributed by atoms with Gasteiger partial charge in [0, 0.05) is 19.0 Å². The minimum atomic E-state index is -0.0445. The Hall–Kier alpha value is -0.810. The molecule has 0 bridgehead atoms. The zero-order valence-electron chi connectivity index (χ0n) is 12.6. The Balaban J connectivity index is 2.92. The van der Waals surface area contributed by atoms with Crippen LogP contribution in [0.2, 0.25) is 0 Å². The van der Waals surface area contributed by atoms with Crippen LogP contribution >= 0.6 is 11.8 Å². The van der Waals surface area contributed by atoms with Crippen LogP contribution in [0.5, 0.6) is 0 Å². The molecule has 0 aliphatic heterocycles. The molecule has 0 aromatic carbocycles. The van der Waals surface area contributed by atoms with Crippen LogP contribution in [0.4, 0.5) is 5.69 Å². The molecule has 1 N–H and O–H groups in total. The minimum Gasteiger partial charge on any atom is -0.390 e. The molecule has 19 heavy (non-hydrogen) atoms. The first-order chi connectivity index (χ1) is 9.01. The molecule has 4 nitrogen and oxygen atoms in total. The number of nitrogens with zero attached hydrogens (tertiary/aromatic N) is 3. The summed E-state index contributed by atoms with van der Waals surface area (Å²) in [6.45, 7) is 6.26. The first kappa shape index (κ1) is 16.2. The summed E-state index contributed by atoms with van der Waals surface area (Å²) in [6, 6.07) is 0.409. The number of thioether (sulfide) groups is 1. The molecule has 0 saturated heterocycles. The van der Waals surface area contributed by atoms with E-state index in [4.69, 9.17) is 0 Å². The lowest BCUT2D eigenvalue weighted by molar-refractivity contribution is 0.276. The van der Waals surface area contributed by atoms with Crippen molar-refractivity contribution < 1.29 is 5.11 Å². The Labute approximate surface area is 120 Å². The van der Waals surface area contributed by atoms with Crippen molar-refractivity contribution >= 4 is 17.4 Å². The highest BCUT2D eigenvalue weighted by Gasteiger charge is 2.16. The van der Waals surface area contributed by atoms with Crippen LogP contribution < -0.4 is 4.90 Å². The molecule has 0 saturated carbocycles. The predicted molar refractivity (Wildman–Crippen MR) is 82.9 cm³/mol. The molecule has 108 valence electrons. The van der Waals surface area contributed by atoms with Gasteiger partial charge in [-0.15, -0.1) is 0 Å². The summed E-state index contributed by atoms with van der Waals surface area (Å²) < 4.78 is 0. The van der Waals surface area contributed by atoms with E-state index < -0.39 is 0 Å². The van der Waals surface area contributed by atoms with E-state index in [0.717, 1.165) is 29.4 Å². The lowest BCUT2D eigenvalue weighted by Crippen LogP contribution is -2.30. The van der Waals surface area contributed by atoms with Crippen molar-refractivity contribution in [2.45, 2.75) is 45.8 Å². The molecule has 1 unspecified atom stereocenters. The van der Waals surface area contributed by atoms with Gasteiger partial charge < -0.3 is 10.0 Å². The van der Waals surface area contributed by atoms with E-state index in [2.05, 4.69) is 41.9 Å². The highest BCUT2D eigenvalue weighted by atomic mass is 32.2. The number of hydrogen-bond donors (Lipinski definition) is 1. The molecule has 0 spiro atoms. The average molecular weight is 283 g/mol. The van der Waals surface area contributed by atoms with E-state index >= 15 is 0 Å². The minimum absolute atomic E-state index is 0.0445. The van der Waals surface area contributed by atoms with E-state index in [0.29, 0.717) is 6.04 Å². The number of hydrogen-bond acceptors (Lipinski definition) is 5. The molecule has 0 amide bonds. The Kier molecular flexibility index (Phi) is 6.58. The van der Waals surface area contributed by atoms with Gasteiger partial charge in [0.1, 0.15) is 5.82 Å². The molecular formula is C14H25N3OS. The fourth-order valence-corrected chi connectivity index (χ4v) is 2.41. The third kappa shape index (κ3) is 4.35. The zero-order chi connectivity index (χ0) is 14.4. The number of aliphatic hydroxyl groups is 1. The smallest absolute Gasteiger partial charge is 0.131 e. The number of aromatic nitrogens is 2. The average Bonchev–Trinajstić information content (AvgIpc) is 2.42. The van der Waals surface area contributed by atoms with Gasteiger partial charge in [-0.25, -0.2) is 9.97 Å². The molecule has 1 atom stereocenters. The summed E-state index contributed by atoms with van der Waals surface area (Å²) in [4.78, 5) is 11.0. The highest BCUT2D eigenvalue weighted by Crippen LogP contribution is 2.22. The fourth-order valence-electron chi connectivity index (χ4n) is 1.83. The van der Waals surface area contributed by atoms with Crippen LogP contribution in [0.25, 0.3) is 0 Å². The van der Waals surface area contributed by atoms with E-state index in [-0.39, 0.29) is 12.5 Å². The first-order valence-electron chi connectivity index (χ1n) is 6.69. The molecule has 0 aliphatic rings. The number of rotatable bonds is 7. The Morgan fingerprint density at radius 1 is 1.37 bits per heavy atom. The van der Waals surface area contributed by atoms with E-state index in [1.165, 1.54) is 0 Å². The first-order valence-corrected chi connectivity index (χ1v) is 8.09. The molecule has 0 radical (unpaired) electrons. The SMILES string of the molecule is CSCCC(C)N(C)c1cnc(C(C)C)nc1CO. The maximum atomic E-state index is 9.51. The summed E-state index contributed by atoms with van der Waals surface area (Å²) in [5.41, 5.74) is 1.65. The van der Waals surface area contributed by atoms with Crippen LogP contribution in [0.3, 0.4) is 0 Å². The number of anilines is 1. The lowest BCUT2D eigenvalue weighted by atomic mass is 10.1. The van der Waals surface area contributed by atoms with Crippen LogP contribution in [0.1, 0.15) is 44.6 Å². The zero-order valence-corrected chi connectivity index (χ0v) is 13.4. The molecule has 1 rings (SSSR count). The monoisotopic (exact) mass is 283 g/mol. The number of aliphatic hydroxyl groups excluding tert-OH is 1. The van der Waals surface area contributed by atoms with Gasteiger partial charge in [-0.3, -0.25) is 0 Å². The Bertz CT molecular complexity index is 398. The van der Waals surface area contributed by atoms with Crippen LogP contribution in [-0.4, -0.2) is 40.2 Å². The van der Waals surface area contributed by atoms with Gasteiger partial charge >= 0.3 is 0 Å². The normalized spacial score (nSPS) is 12.8. The van der Waals surface area contributed by atoms with Gasteiger partial charge in [-0.1, -0.05) is 13.8 Å². The van der Waals surface area contributed by atoms with Crippen molar-refractivity contribution in [3.05, 3.63) is 17.7 Å². The quantitative estimate of drug-likeness (QED) is 0.833. The third-order valence-electron chi connectivity index (χ3n) is 3.31. The summed E-state index contributed by atoms with van der Waals surface area (Å²) in [7, 11) is 2.04. The Morgan fingerprint density at radius 3 is 2.58 bits per heavy atom. The van der Waals surface area contributed by atoms with Gasteiger partial charge in [0.05, 0.1) is 24.2 Å². The van der Waals surface area contributed by atoms with Crippen molar-refractivity contribution in [3.63, 3.8) is 0 Å². The van der Waals surface area contributed by atoms with Gasteiger partial charge in [0.25, 0.3) is 0 Å². The standard InChI is InChI=1S/C14H25N3OS/c1-10(2)14-15-8-13(12(9-18)16-14)17(4)11(3)6-7-19-5/h8,10-11,18H,6-7,9H2,1-5H3. The van der Waals surface area contributed by atoms with E-state index in [1.807, 2.05) is 25.0 Å². The van der Waals surface area contributed by atoms with Crippen molar-refractivity contribution in [3.8, 4) is 0 Å². The summed E-state index contributed by atoms with van der Waals surface area (Å²) in [6.07, 6.45) is 5.06. The van der Waals surface area contributed by atoms with Crippen LogP contribution in [0, 0.1) is 0 Å². The van der Waals surface area contributed by atoms with Gasteiger partial charge in [0.15, 0.2) is 0 Å². The van der Waals surface area contributed by atoms with Crippen LogP contribution in [-0.2, 0) is 6.61 Å². The largest absolute Gasteiger partial charge is 0.390 e. The second kappa shape index (κ2) is 7.70. The van der Waals surface area contributed by atoms with Crippen molar-refractivity contribution in [1.82, 2.24) is 9.97 Å². The van der Waals surface area contributed by atoms with Crippen molar-refractivity contribution in [2.75, 3.05) is 24.0 Å². The van der Waals surface area contributed by atoms with Gasteiger partial charge in [-0.05, 0) is 25.4 Å². The van der Waals surface area contributed by atoms with Crippen LogP contribution in [0.15, 0.2) is 6.20 Å². The Morgan fingerprint density at radius 2 is 2.05 bits per heavy atom. The molecular weight excluding hydrogens is 258 g/mol. The summed E-state index contributed by atoms with van der Waals surface area (Å²) in [5.74, 6) is 2.20. The van der Waals surface area contributed by atoms with Gasteiger partial charge in [0.2, 0.25) is 0 Å². The maximum absolute atomic E-state index is 9.51. The van der Waals surface area contributed by atoms with Crippen molar-refractivity contribution in [2.24, 2.45) is 0 Å². The maximum Gasteiger partial charge on any atom is 0.131 e. The topological polar surface area (TPSA) is 49.2 Å². The molecule has 1 heterocycles. The summed E-state index contributed by atoms with van der Waals surface area (Å²) in [5, 5.41) is 9.51. The predicted octanol–water partition coefficient (Wildman–Crippen LogP) is 2.67. The third-order valence-corrected chi connectivity index (χ3v) is 3.96.